The number of nitrogens with one attached hydrogen (secondary N) is 1. The van der Waals surface area contributed by atoms with Gasteiger partial charge in [-0.1, -0.05) is 18.5 Å². The lowest BCUT2D eigenvalue weighted by molar-refractivity contribution is 0.568. The molecule has 0 spiro atoms. The van der Waals surface area contributed by atoms with Gasteiger partial charge in [0.25, 0.3) is 5.56 Å². The topological polar surface area (TPSA) is 46.9 Å². The third-order valence-corrected chi connectivity index (χ3v) is 4.51. The monoisotopic (exact) mass is 325 g/mol. The molecule has 1 N–H and O–H groups in total. The van der Waals surface area contributed by atoms with Crippen molar-refractivity contribution >= 4 is 28.6 Å². The van der Waals surface area contributed by atoms with Crippen molar-refractivity contribution in [2.75, 3.05) is 5.32 Å². The highest BCUT2D eigenvalue weighted by molar-refractivity contribution is 7.11. The Labute approximate surface area is 133 Å². The maximum atomic E-state index is 12.1. The molecule has 2 aromatic heterocycles. The smallest absolute Gasteiger partial charge is 0.287 e. The van der Waals surface area contributed by atoms with Gasteiger partial charge in [-0.2, -0.15) is 5.10 Å². The van der Waals surface area contributed by atoms with Crippen LogP contribution in [0.25, 0.3) is 0 Å². The first-order chi connectivity index (χ1) is 10.0. The third kappa shape index (κ3) is 4.08. The van der Waals surface area contributed by atoms with E-state index in [1.165, 1.54) is 14.4 Å². The Bertz CT molecular complexity index is 665. The van der Waals surface area contributed by atoms with Gasteiger partial charge in [-0.3, -0.25) is 4.79 Å². The van der Waals surface area contributed by atoms with Gasteiger partial charge in [0.2, 0.25) is 0 Å². The zero-order valence-corrected chi connectivity index (χ0v) is 14.1. The Morgan fingerprint density at radius 3 is 2.86 bits per heavy atom. The van der Waals surface area contributed by atoms with Crippen LogP contribution in [0.1, 0.15) is 30.0 Å². The van der Waals surface area contributed by atoms with Gasteiger partial charge in [0.15, 0.2) is 0 Å². The molecule has 0 saturated heterocycles. The van der Waals surface area contributed by atoms with Gasteiger partial charge in [-0.25, -0.2) is 4.68 Å². The van der Waals surface area contributed by atoms with Crippen LogP contribution in [0.15, 0.2) is 23.1 Å². The van der Waals surface area contributed by atoms with E-state index in [0.717, 1.165) is 12.8 Å². The fraction of sp³-hybridized carbons (Fsp3) is 0.467. The van der Waals surface area contributed by atoms with Crippen molar-refractivity contribution in [3.63, 3.8) is 0 Å². The largest absolute Gasteiger partial charge is 0.380 e. The van der Waals surface area contributed by atoms with Crippen LogP contribution < -0.4 is 10.9 Å². The molecule has 0 amide bonds. The van der Waals surface area contributed by atoms with Crippen LogP contribution >= 0.6 is 22.9 Å². The number of halogens is 1. The third-order valence-electron chi connectivity index (χ3n) is 3.13. The average molecular weight is 326 g/mol. The molecule has 0 fully saturated rings. The molecular formula is C15H20ClN3OS. The molecule has 1 atom stereocenters. The minimum Gasteiger partial charge on any atom is -0.380 e. The predicted molar refractivity (Wildman–Crippen MR) is 89.6 cm³/mol. The van der Waals surface area contributed by atoms with E-state index < -0.39 is 0 Å². The molecule has 0 bridgehead atoms. The lowest BCUT2D eigenvalue weighted by Crippen LogP contribution is -2.26. The molecule has 6 heteroatoms. The Morgan fingerprint density at radius 2 is 2.24 bits per heavy atom. The van der Waals surface area contributed by atoms with Gasteiger partial charge in [0.1, 0.15) is 5.02 Å². The van der Waals surface area contributed by atoms with Crippen LogP contribution in [0.5, 0.6) is 0 Å². The molecule has 4 nitrogen and oxygen atoms in total. The van der Waals surface area contributed by atoms with Gasteiger partial charge >= 0.3 is 0 Å². The van der Waals surface area contributed by atoms with Crippen LogP contribution in [0.3, 0.4) is 0 Å². The fourth-order valence-electron chi connectivity index (χ4n) is 2.15. The van der Waals surface area contributed by atoms with Crippen molar-refractivity contribution < 1.29 is 0 Å². The second-order valence-corrected chi connectivity index (χ2v) is 6.91. The molecule has 114 valence electrons. The Hall–Kier alpha value is -1.33. The number of anilines is 1. The zero-order valence-electron chi connectivity index (χ0n) is 12.5. The van der Waals surface area contributed by atoms with Gasteiger partial charge in [-0.15, -0.1) is 11.3 Å². The van der Waals surface area contributed by atoms with Gasteiger partial charge in [0, 0.05) is 28.8 Å². The number of nitrogens with zero attached hydrogens (tertiary/aromatic N) is 2. The fourth-order valence-corrected chi connectivity index (χ4v) is 3.37. The van der Waals surface area contributed by atoms with Crippen LogP contribution in [0.4, 0.5) is 5.69 Å². The van der Waals surface area contributed by atoms with Crippen molar-refractivity contribution in [3.8, 4) is 0 Å². The van der Waals surface area contributed by atoms with E-state index in [0.29, 0.717) is 12.2 Å². The summed E-state index contributed by atoms with van der Waals surface area (Å²) in [4.78, 5) is 14.7. The molecule has 2 rings (SSSR count). The number of thiophene rings is 1. The van der Waals surface area contributed by atoms with Crippen molar-refractivity contribution in [3.05, 3.63) is 43.5 Å². The molecule has 0 radical (unpaired) electrons. The summed E-state index contributed by atoms with van der Waals surface area (Å²) < 4.78 is 1.40. The van der Waals surface area contributed by atoms with E-state index in [1.807, 2.05) is 6.92 Å². The summed E-state index contributed by atoms with van der Waals surface area (Å²) in [5, 5.41) is 7.65. The molecule has 0 saturated carbocycles. The summed E-state index contributed by atoms with van der Waals surface area (Å²) in [6.07, 6.45) is 3.38. The quantitative estimate of drug-likeness (QED) is 0.880. The van der Waals surface area contributed by atoms with Crippen LogP contribution in [0.2, 0.25) is 5.02 Å². The highest BCUT2D eigenvalue weighted by Crippen LogP contribution is 2.20. The first kappa shape index (κ1) is 16.0. The highest BCUT2D eigenvalue weighted by atomic mass is 35.5. The molecule has 0 aromatic carbocycles. The first-order valence-electron chi connectivity index (χ1n) is 7.08. The number of hydrogen-bond donors (Lipinski definition) is 1. The average Bonchev–Trinajstić information content (AvgIpc) is 2.84. The number of aromatic nitrogens is 2. The van der Waals surface area contributed by atoms with Gasteiger partial charge < -0.3 is 5.32 Å². The SMILES string of the molecule is CCCn1ncc(NC(C)Cc2ccc(C)s2)c(Cl)c1=O. The second kappa shape index (κ2) is 7.09. The van der Waals surface area contributed by atoms with E-state index >= 15 is 0 Å². The van der Waals surface area contributed by atoms with E-state index in [2.05, 4.69) is 36.4 Å². The van der Waals surface area contributed by atoms with Crippen LogP contribution in [0, 0.1) is 6.92 Å². The summed E-state index contributed by atoms with van der Waals surface area (Å²) in [5.41, 5.74) is 0.373. The molecule has 1 unspecified atom stereocenters. The maximum Gasteiger partial charge on any atom is 0.287 e. The summed E-state index contributed by atoms with van der Waals surface area (Å²) in [7, 11) is 0. The highest BCUT2D eigenvalue weighted by Gasteiger charge is 2.12. The summed E-state index contributed by atoms with van der Waals surface area (Å²) >= 11 is 7.94. The molecular weight excluding hydrogens is 306 g/mol. The summed E-state index contributed by atoms with van der Waals surface area (Å²) in [6, 6.07) is 4.44. The van der Waals surface area contributed by atoms with Crippen molar-refractivity contribution in [2.24, 2.45) is 0 Å². The number of rotatable bonds is 6. The summed E-state index contributed by atoms with van der Waals surface area (Å²) in [6.45, 7) is 6.76. The summed E-state index contributed by atoms with van der Waals surface area (Å²) in [5.74, 6) is 0. The van der Waals surface area contributed by atoms with Crippen LogP contribution in [-0.4, -0.2) is 15.8 Å². The number of hydrogen-bond acceptors (Lipinski definition) is 4. The molecule has 2 aromatic rings. The minimum atomic E-state index is -0.234. The molecule has 21 heavy (non-hydrogen) atoms. The Balaban J connectivity index is 2.08. The van der Waals surface area contributed by atoms with Gasteiger partial charge in [0.05, 0.1) is 11.9 Å². The zero-order chi connectivity index (χ0) is 15.4. The lowest BCUT2D eigenvalue weighted by Gasteiger charge is -2.15. The van der Waals surface area contributed by atoms with Crippen LogP contribution in [-0.2, 0) is 13.0 Å². The normalized spacial score (nSPS) is 12.4. The molecule has 2 heterocycles. The maximum absolute atomic E-state index is 12.1. The second-order valence-electron chi connectivity index (χ2n) is 5.16. The molecule has 0 aliphatic heterocycles. The van der Waals surface area contributed by atoms with Crippen molar-refractivity contribution in [2.45, 2.75) is 46.2 Å². The first-order valence-corrected chi connectivity index (χ1v) is 8.28. The van der Waals surface area contributed by atoms with Gasteiger partial charge in [-0.05, 0) is 32.4 Å². The minimum absolute atomic E-state index is 0.184. The van der Waals surface area contributed by atoms with E-state index in [-0.39, 0.29) is 16.6 Å². The molecule has 0 aliphatic carbocycles. The predicted octanol–water partition coefficient (Wildman–Crippen LogP) is 3.72. The van der Waals surface area contributed by atoms with Crippen molar-refractivity contribution in [1.29, 1.82) is 0 Å². The Morgan fingerprint density at radius 1 is 1.48 bits per heavy atom. The Kier molecular flexibility index (Phi) is 5.42. The molecule has 0 aliphatic rings. The lowest BCUT2D eigenvalue weighted by atomic mass is 10.2. The van der Waals surface area contributed by atoms with Crippen molar-refractivity contribution in [1.82, 2.24) is 9.78 Å². The van der Waals surface area contributed by atoms with E-state index in [1.54, 1.807) is 17.5 Å². The van der Waals surface area contributed by atoms with E-state index in [4.69, 9.17) is 11.6 Å². The number of aryl methyl sites for hydroxylation is 2. The van der Waals surface area contributed by atoms with E-state index in [9.17, 15) is 4.79 Å². The standard InChI is InChI=1S/C15H20ClN3OS/c1-4-7-19-15(20)14(16)13(9-17-19)18-10(2)8-12-6-5-11(3)21-12/h5-6,9-10,18H,4,7-8H2,1-3H3.